The molecule has 11 heteroatoms. The zero-order valence-electron chi connectivity index (χ0n) is 23.6. The van der Waals surface area contributed by atoms with E-state index in [-0.39, 0.29) is 30.5 Å². The van der Waals surface area contributed by atoms with Gasteiger partial charge in [0.15, 0.2) is 0 Å². The lowest BCUT2D eigenvalue weighted by atomic mass is 10.0. The quantitative estimate of drug-likeness (QED) is 0.468. The molecule has 0 spiro atoms. The van der Waals surface area contributed by atoms with Crippen LogP contribution < -0.4 is 20.7 Å². The first-order valence-electron chi connectivity index (χ1n) is 14.0. The van der Waals surface area contributed by atoms with Crippen molar-refractivity contribution in [3.8, 4) is 5.75 Å². The Morgan fingerprint density at radius 3 is 2.46 bits per heavy atom. The molecular weight excluding hydrogens is 526 g/mol. The van der Waals surface area contributed by atoms with Crippen molar-refractivity contribution in [1.29, 1.82) is 0 Å². The molecule has 1 fully saturated rings. The summed E-state index contributed by atoms with van der Waals surface area (Å²) in [5.41, 5.74) is 1.25. The fraction of sp³-hybridized carbons (Fsp3) is 0.467. The van der Waals surface area contributed by atoms with Gasteiger partial charge in [0.2, 0.25) is 17.7 Å². The number of hydrogen-bond acceptors (Lipinski definition) is 7. The molecule has 2 aliphatic heterocycles. The van der Waals surface area contributed by atoms with Crippen LogP contribution in [-0.4, -0.2) is 105 Å². The largest absolute Gasteiger partial charge is 0.491 e. The minimum Gasteiger partial charge on any atom is -0.491 e. The van der Waals surface area contributed by atoms with Gasteiger partial charge < -0.3 is 30.3 Å². The number of likely N-dealkylation sites (N-methyl/N-ethyl adjacent to an activating group) is 1. The lowest BCUT2D eigenvalue weighted by Crippen LogP contribution is -2.54. The Labute approximate surface area is 240 Å². The van der Waals surface area contributed by atoms with Crippen LogP contribution in [0.25, 0.3) is 0 Å². The standard InChI is InChI=1S/C30H39N5O6/c1-21-30(39)34(2)23(18-22-8-4-3-5-9-22)20-41-26-11-7-6-10-24(26)28(37)33-25(19-27(36)32-21)29(38)31-12-13-35-14-16-40-17-15-35/h3-11,21,23,25H,12-20H2,1-2H3,(H,31,38)(H,32,36)(H,33,37)/t21-,23-,25-/m0/s1. The molecule has 3 N–H and O–H groups in total. The molecule has 4 amide bonds. The molecule has 2 heterocycles. The van der Waals surface area contributed by atoms with Crippen LogP contribution in [0.1, 0.15) is 29.3 Å². The lowest BCUT2D eigenvalue weighted by molar-refractivity contribution is -0.137. The predicted molar refractivity (Wildman–Crippen MR) is 152 cm³/mol. The smallest absolute Gasteiger partial charge is 0.255 e. The summed E-state index contributed by atoms with van der Waals surface area (Å²) in [6, 6.07) is 14.1. The van der Waals surface area contributed by atoms with Crippen molar-refractivity contribution in [2.75, 3.05) is 53.0 Å². The van der Waals surface area contributed by atoms with Gasteiger partial charge in [0.25, 0.3) is 5.91 Å². The fourth-order valence-electron chi connectivity index (χ4n) is 4.92. The number of amides is 4. The number of fused-ring (bicyclic) bond motifs is 1. The monoisotopic (exact) mass is 565 g/mol. The lowest BCUT2D eigenvalue weighted by Gasteiger charge is -2.31. The number of nitrogens with one attached hydrogen (secondary N) is 3. The number of morpholine rings is 1. The second kappa shape index (κ2) is 14.6. The Balaban J connectivity index is 1.53. The van der Waals surface area contributed by atoms with Crippen molar-refractivity contribution in [2.24, 2.45) is 0 Å². The topological polar surface area (TPSA) is 129 Å². The van der Waals surface area contributed by atoms with Gasteiger partial charge >= 0.3 is 0 Å². The average Bonchev–Trinajstić information content (AvgIpc) is 2.98. The molecule has 11 nitrogen and oxygen atoms in total. The number of ether oxygens (including phenoxy) is 2. The zero-order chi connectivity index (χ0) is 29.2. The molecule has 0 unspecified atom stereocenters. The van der Waals surface area contributed by atoms with Gasteiger partial charge in [-0.1, -0.05) is 42.5 Å². The molecule has 0 bridgehead atoms. The first-order valence-corrected chi connectivity index (χ1v) is 14.0. The van der Waals surface area contributed by atoms with Crippen molar-refractivity contribution in [2.45, 2.75) is 37.9 Å². The highest BCUT2D eigenvalue weighted by Crippen LogP contribution is 2.20. The van der Waals surface area contributed by atoms with Crippen LogP contribution in [0.4, 0.5) is 0 Å². The van der Waals surface area contributed by atoms with Crippen LogP contribution in [0.3, 0.4) is 0 Å². The molecule has 2 aromatic rings. The fourth-order valence-corrected chi connectivity index (χ4v) is 4.92. The number of benzene rings is 2. The number of nitrogens with zero attached hydrogens (tertiary/aromatic N) is 2. The maximum absolute atomic E-state index is 13.4. The molecule has 41 heavy (non-hydrogen) atoms. The minimum absolute atomic E-state index is 0.119. The second-order valence-corrected chi connectivity index (χ2v) is 10.4. The summed E-state index contributed by atoms with van der Waals surface area (Å²) in [6.07, 6.45) is 0.192. The summed E-state index contributed by atoms with van der Waals surface area (Å²) in [6.45, 7) is 5.56. The number of hydrogen-bond donors (Lipinski definition) is 3. The maximum atomic E-state index is 13.4. The first kappa shape index (κ1) is 30.0. The van der Waals surface area contributed by atoms with E-state index in [1.807, 2.05) is 30.3 Å². The Bertz CT molecular complexity index is 1200. The van der Waals surface area contributed by atoms with E-state index in [0.29, 0.717) is 38.5 Å². The zero-order valence-corrected chi connectivity index (χ0v) is 23.6. The third kappa shape index (κ3) is 8.51. The van der Waals surface area contributed by atoms with Crippen molar-refractivity contribution in [3.63, 3.8) is 0 Å². The van der Waals surface area contributed by atoms with E-state index in [4.69, 9.17) is 9.47 Å². The molecule has 0 saturated carbocycles. The SMILES string of the molecule is C[C@@H]1NC(=O)C[C@@H](C(=O)NCCN2CCOCC2)NC(=O)c2ccccc2OC[C@H](Cc2ccccc2)N(C)C1=O. The molecule has 4 rings (SSSR count). The molecule has 2 aromatic carbocycles. The van der Waals surface area contributed by atoms with Gasteiger partial charge in [-0.2, -0.15) is 0 Å². The molecule has 1 saturated heterocycles. The average molecular weight is 566 g/mol. The predicted octanol–water partition coefficient (Wildman–Crippen LogP) is 0.590. The summed E-state index contributed by atoms with van der Waals surface area (Å²) in [5, 5.41) is 8.24. The molecule has 0 radical (unpaired) electrons. The molecular formula is C30H39N5O6. The summed E-state index contributed by atoms with van der Waals surface area (Å²) >= 11 is 0. The molecule has 3 atom stereocenters. The molecule has 0 aliphatic carbocycles. The van der Waals surface area contributed by atoms with E-state index in [1.54, 1.807) is 43.1 Å². The van der Waals surface area contributed by atoms with Crippen LogP contribution >= 0.6 is 0 Å². The molecule has 0 aromatic heterocycles. The van der Waals surface area contributed by atoms with Gasteiger partial charge in [-0.25, -0.2) is 0 Å². The number of para-hydroxylation sites is 1. The molecule has 220 valence electrons. The van der Waals surface area contributed by atoms with Crippen molar-refractivity contribution in [1.82, 2.24) is 25.8 Å². The summed E-state index contributed by atoms with van der Waals surface area (Å²) < 4.78 is 11.5. The Morgan fingerprint density at radius 1 is 1.00 bits per heavy atom. The van der Waals surface area contributed by atoms with E-state index in [9.17, 15) is 19.2 Å². The summed E-state index contributed by atoms with van der Waals surface area (Å²) in [7, 11) is 1.68. The van der Waals surface area contributed by atoms with Gasteiger partial charge in [0.1, 0.15) is 24.4 Å². The first-order chi connectivity index (χ1) is 19.8. The van der Waals surface area contributed by atoms with Gasteiger partial charge in [0, 0.05) is 33.2 Å². The van der Waals surface area contributed by atoms with Crippen LogP contribution in [0.15, 0.2) is 54.6 Å². The Hall–Kier alpha value is -3.96. The second-order valence-electron chi connectivity index (χ2n) is 10.4. The van der Waals surface area contributed by atoms with Crippen molar-refractivity contribution < 1.29 is 28.7 Å². The van der Waals surface area contributed by atoms with Crippen LogP contribution in [0.2, 0.25) is 0 Å². The highest BCUT2D eigenvalue weighted by molar-refractivity contribution is 6.01. The van der Waals surface area contributed by atoms with Crippen LogP contribution in [0.5, 0.6) is 5.75 Å². The van der Waals surface area contributed by atoms with Crippen LogP contribution in [0, 0.1) is 0 Å². The number of carbonyl (C=O) groups is 4. The Morgan fingerprint density at radius 2 is 1.71 bits per heavy atom. The van der Waals surface area contributed by atoms with Gasteiger partial charge in [-0.15, -0.1) is 0 Å². The van der Waals surface area contributed by atoms with E-state index in [2.05, 4.69) is 20.9 Å². The van der Waals surface area contributed by atoms with E-state index < -0.39 is 29.8 Å². The van der Waals surface area contributed by atoms with E-state index in [1.165, 1.54) is 0 Å². The van der Waals surface area contributed by atoms with Crippen molar-refractivity contribution >= 4 is 23.6 Å². The van der Waals surface area contributed by atoms with E-state index in [0.717, 1.165) is 18.7 Å². The highest BCUT2D eigenvalue weighted by atomic mass is 16.5. The Kier molecular flexibility index (Phi) is 10.7. The molecule has 2 aliphatic rings. The minimum atomic E-state index is -1.14. The third-order valence-corrected chi connectivity index (χ3v) is 7.36. The van der Waals surface area contributed by atoms with E-state index >= 15 is 0 Å². The highest BCUT2D eigenvalue weighted by Gasteiger charge is 2.30. The van der Waals surface area contributed by atoms with Crippen LogP contribution in [-0.2, 0) is 25.5 Å². The number of rotatable bonds is 6. The third-order valence-electron chi connectivity index (χ3n) is 7.36. The maximum Gasteiger partial charge on any atom is 0.255 e. The van der Waals surface area contributed by atoms with Gasteiger partial charge in [-0.3, -0.25) is 24.1 Å². The van der Waals surface area contributed by atoms with Gasteiger partial charge in [0.05, 0.1) is 31.2 Å². The summed E-state index contributed by atoms with van der Waals surface area (Å²) in [4.78, 5) is 56.6. The van der Waals surface area contributed by atoms with Gasteiger partial charge in [-0.05, 0) is 31.0 Å². The normalized spacial score (nSPS) is 22.9. The number of carbonyl (C=O) groups excluding carboxylic acids is 4. The summed E-state index contributed by atoms with van der Waals surface area (Å²) in [5.74, 6) is -1.50. The van der Waals surface area contributed by atoms with Crippen molar-refractivity contribution in [3.05, 3.63) is 65.7 Å².